The maximum atomic E-state index is 9.96. The Labute approximate surface area is 153 Å². The van der Waals surface area contributed by atoms with Gasteiger partial charge >= 0.3 is 0 Å². The zero-order chi connectivity index (χ0) is 18.5. The summed E-state index contributed by atoms with van der Waals surface area (Å²) in [6.07, 6.45) is 8.74. The fraction of sp³-hybridized carbons (Fsp3) is 0.316. The normalized spacial score (nSPS) is 15.8. The van der Waals surface area contributed by atoms with Gasteiger partial charge in [-0.3, -0.25) is 0 Å². The highest BCUT2D eigenvalue weighted by molar-refractivity contribution is 5.77. The van der Waals surface area contributed by atoms with Crippen LogP contribution in [0.3, 0.4) is 0 Å². The molecule has 3 rings (SSSR count). The molecule has 1 aromatic heterocycles. The van der Waals surface area contributed by atoms with E-state index in [2.05, 4.69) is 10.4 Å². The first-order valence-electron chi connectivity index (χ1n) is 8.80. The molecular weight excluding hydrogens is 328 g/mol. The average Bonchev–Trinajstić information content (AvgIpc) is 3.08. The molecule has 0 bridgehead atoms. The summed E-state index contributed by atoms with van der Waals surface area (Å²) in [6, 6.07) is 6.85. The topological polar surface area (TPSA) is 128 Å². The molecule has 2 heterocycles. The van der Waals surface area contributed by atoms with Crippen molar-refractivity contribution in [2.45, 2.75) is 19.3 Å². The third kappa shape index (κ3) is 4.18. The standard InChI is InChI=1S/C19H26N6O/c20-16(15-3-1-2-4-18(15)26)10-17(19(21)22)25-12-14(11-24-25)9-13-5-7-23-8-6-13/h1-4,10-13,23,26H,5-9,20-22H2/b16-10-. The largest absolute Gasteiger partial charge is 0.507 e. The number of hydrogen-bond donors (Lipinski definition) is 5. The quantitative estimate of drug-likeness (QED) is 0.513. The first-order chi connectivity index (χ1) is 12.5. The van der Waals surface area contributed by atoms with Gasteiger partial charge in [-0.15, -0.1) is 0 Å². The monoisotopic (exact) mass is 354 g/mol. The molecule has 0 saturated carbocycles. The van der Waals surface area contributed by atoms with E-state index >= 15 is 0 Å². The molecule has 7 nitrogen and oxygen atoms in total. The number of rotatable bonds is 5. The van der Waals surface area contributed by atoms with Crippen LogP contribution in [0.5, 0.6) is 5.75 Å². The number of nitrogens with zero attached hydrogens (tertiary/aromatic N) is 2. The van der Waals surface area contributed by atoms with Crippen molar-refractivity contribution in [3.05, 3.63) is 59.7 Å². The van der Waals surface area contributed by atoms with Crippen LogP contribution in [0.2, 0.25) is 0 Å². The summed E-state index contributed by atoms with van der Waals surface area (Å²) in [5.41, 5.74) is 20.4. The van der Waals surface area contributed by atoms with Crippen LogP contribution in [0.15, 0.2) is 48.6 Å². The Morgan fingerprint density at radius 1 is 1.23 bits per heavy atom. The molecule has 1 fully saturated rings. The van der Waals surface area contributed by atoms with E-state index in [1.165, 1.54) is 12.8 Å². The van der Waals surface area contributed by atoms with E-state index in [0.717, 1.165) is 25.1 Å². The second kappa shape index (κ2) is 7.97. The number of nitrogens with one attached hydrogen (secondary N) is 1. The molecule has 0 aliphatic carbocycles. The van der Waals surface area contributed by atoms with E-state index in [1.807, 2.05) is 12.4 Å². The smallest absolute Gasteiger partial charge is 0.124 e. The minimum absolute atomic E-state index is 0.100. The maximum Gasteiger partial charge on any atom is 0.124 e. The van der Waals surface area contributed by atoms with Crippen LogP contribution in [0.4, 0.5) is 0 Å². The van der Waals surface area contributed by atoms with Crippen LogP contribution in [-0.4, -0.2) is 28.0 Å². The molecule has 0 atom stereocenters. The van der Waals surface area contributed by atoms with E-state index in [1.54, 1.807) is 35.0 Å². The number of phenolic OH excluding ortho intramolecular Hbond substituents is 1. The summed E-state index contributed by atoms with van der Waals surface area (Å²) in [6.45, 7) is 2.14. The molecule has 138 valence electrons. The van der Waals surface area contributed by atoms with Crippen molar-refractivity contribution in [1.29, 1.82) is 0 Å². The Balaban J connectivity index is 1.82. The lowest BCUT2D eigenvalue weighted by molar-refractivity contribution is 0.372. The predicted octanol–water partition coefficient (Wildman–Crippen LogP) is 1.17. The predicted molar refractivity (Wildman–Crippen MR) is 103 cm³/mol. The van der Waals surface area contributed by atoms with E-state index in [4.69, 9.17) is 17.2 Å². The lowest BCUT2D eigenvalue weighted by Gasteiger charge is -2.21. The minimum Gasteiger partial charge on any atom is -0.507 e. The van der Waals surface area contributed by atoms with Gasteiger partial charge in [-0.25, -0.2) is 4.68 Å². The number of para-hydroxylation sites is 1. The SMILES string of the molecule is NC(N)=C(/C=C(\N)c1ccccc1O)n1cc(CC2CCNCC2)cn1. The van der Waals surface area contributed by atoms with Gasteiger partial charge in [0.05, 0.1) is 6.20 Å². The molecule has 0 radical (unpaired) electrons. The van der Waals surface area contributed by atoms with Gasteiger partial charge in [-0.1, -0.05) is 12.1 Å². The second-order valence-corrected chi connectivity index (χ2v) is 6.65. The van der Waals surface area contributed by atoms with E-state index in [0.29, 0.717) is 22.9 Å². The summed E-state index contributed by atoms with van der Waals surface area (Å²) in [4.78, 5) is 0. The van der Waals surface area contributed by atoms with Gasteiger partial charge in [0.25, 0.3) is 0 Å². The van der Waals surface area contributed by atoms with Crippen molar-refractivity contribution in [3.8, 4) is 5.75 Å². The molecule has 1 aromatic carbocycles. The van der Waals surface area contributed by atoms with Crippen molar-refractivity contribution in [2.24, 2.45) is 23.1 Å². The molecular formula is C19H26N6O. The van der Waals surface area contributed by atoms with Gasteiger partial charge in [0.2, 0.25) is 0 Å². The van der Waals surface area contributed by atoms with Gasteiger partial charge in [-0.05, 0) is 62.0 Å². The van der Waals surface area contributed by atoms with Gasteiger partial charge in [0.15, 0.2) is 0 Å². The maximum absolute atomic E-state index is 9.96. The van der Waals surface area contributed by atoms with Crippen LogP contribution >= 0.6 is 0 Å². The van der Waals surface area contributed by atoms with Crippen molar-refractivity contribution < 1.29 is 5.11 Å². The number of benzene rings is 1. The number of piperidine rings is 1. The lowest BCUT2D eigenvalue weighted by Crippen LogP contribution is -2.28. The van der Waals surface area contributed by atoms with Crippen LogP contribution < -0.4 is 22.5 Å². The average molecular weight is 354 g/mol. The highest BCUT2D eigenvalue weighted by Crippen LogP contribution is 2.24. The fourth-order valence-electron chi connectivity index (χ4n) is 3.24. The Kier molecular flexibility index (Phi) is 5.48. The molecule has 1 saturated heterocycles. The Morgan fingerprint density at radius 2 is 1.96 bits per heavy atom. The van der Waals surface area contributed by atoms with Gasteiger partial charge in [-0.2, -0.15) is 5.10 Å². The summed E-state index contributed by atoms with van der Waals surface area (Å²) in [7, 11) is 0. The number of allylic oxidation sites excluding steroid dienone is 2. The van der Waals surface area contributed by atoms with Crippen LogP contribution in [-0.2, 0) is 6.42 Å². The first-order valence-corrected chi connectivity index (χ1v) is 8.80. The summed E-state index contributed by atoms with van der Waals surface area (Å²) >= 11 is 0. The van der Waals surface area contributed by atoms with Crippen LogP contribution in [0.25, 0.3) is 11.4 Å². The van der Waals surface area contributed by atoms with Gasteiger partial charge < -0.3 is 27.6 Å². The zero-order valence-electron chi connectivity index (χ0n) is 14.7. The number of aromatic nitrogens is 2. The second-order valence-electron chi connectivity index (χ2n) is 6.65. The summed E-state index contributed by atoms with van der Waals surface area (Å²) in [5.74, 6) is 0.876. The van der Waals surface area contributed by atoms with Crippen molar-refractivity contribution in [3.63, 3.8) is 0 Å². The zero-order valence-corrected chi connectivity index (χ0v) is 14.7. The summed E-state index contributed by atoms with van der Waals surface area (Å²) < 4.78 is 1.64. The molecule has 8 N–H and O–H groups in total. The van der Waals surface area contributed by atoms with E-state index in [9.17, 15) is 5.11 Å². The number of phenols is 1. The van der Waals surface area contributed by atoms with Gasteiger partial charge in [0.1, 0.15) is 17.3 Å². The van der Waals surface area contributed by atoms with Crippen molar-refractivity contribution in [2.75, 3.05) is 13.1 Å². The van der Waals surface area contributed by atoms with E-state index < -0.39 is 0 Å². The van der Waals surface area contributed by atoms with Gasteiger partial charge in [0, 0.05) is 17.5 Å². The number of aromatic hydroxyl groups is 1. The molecule has 1 aliphatic rings. The minimum atomic E-state index is 0.100. The molecule has 0 amide bonds. The van der Waals surface area contributed by atoms with Crippen molar-refractivity contribution in [1.82, 2.24) is 15.1 Å². The molecule has 1 aliphatic heterocycles. The number of hydrogen-bond acceptors (Lipinski definition) is 6. The Morgan fingerprint density at radius 3 is 2.65 bits per heavy atom. The highest BCUT2D eigenvalue weighted by atomic mass is 16.3. The molecule has 26 heavy (non-hydrogen) atoms. The Bertz CT molecular complexity index is 813. The molecule has 7 heteroatoms. The fourth-order valence-corrected chi connectivity index (χ4v) is 3.24. The van der Waals surface area contributed by atoms with Crippen LogP contribution in [0, 0.1) is 5.92 Å². The third-order valence-electron chi connectivity index (χ3n) is 4.67. The van der Waals surface area contributed by atoms with Crippen LogP contribution in [0.1, 0.15) is 24.0 Å². The number of nitrogens with two attached hydrogens (primary N) is 3. The lowest BCUT2D eigenvalue weighted by atomic mass is 9.92. The Hall–Kier alpha value is -2.93. The first kappa shape index (κ1) is 17.9. The molecule has 0 spiro atoms. The molecule has 0 unspecified atom stereocenters. The van der Waals surface area contributed by atoms with Crippen molar-refractivity contribution >= 4 is 11.4 Å². The molecule has 2 aromatic rings. The van der Waals surface area contributed by atoms with E-state index in [-0.39, 0.29) is 11.6 Å². The summed E-state index contributed by atoms with van der Waals surface area (Å²) in [5, 5.41) is 17.7. The highest BCUT2D eigenvalue weighted by Gasteiger charge is 2.15. The third-order valence-corrected chi connectivity index (χ3v) is 4.67.